The fourth-order valence-electron chi connectivity index (χ4n) is 1.71. The molecule has 1 aromatic carbocycles. The Hall–Kier alpha value is -2.58. The van der Waals surface area contributed by atoms with E-state index in [0.717, 1.165) is 0 Å². The molecule has 1 heterocycles. The predicted octanol–water partition coefficient (Wildman–Crippen LogP) is 2.47. The Bertz CT molecular complexity index is 709. The fourth-order valence-corrected chi connectivity index (χ4v) is 1.87. The lowest BCUT2D eigenvalue weighted by Gasteiger charge is -2.18. The average molecular weight is 287 g/mol. The van der Waals surface area contributed by atoms with Gasteiger partial charge in [0.1, 0.15) is 5.15 Å². The van der Waals surface area contributed by atoms with Gasteiger partial charge in [0.2, 0.25) is 0 Å². The second-order valence-electron chi connectivity index (χ2n) is 4.12. The van der Waals surface area contributed by atoms with Crippen molar-refractivity contribution in [3.63, 3.8) is 0 Å². The molecule has 20 heavy (non-hydrogen) atoms. The van der Waals surface area contributed by atoms with E-state index in [4.69, 9.17) is 22.6 Å². The first kappa shape index (κ1) is 13.8. The van der Waals surface area contributed by atoms with Crippen molar-refractivity contribution in [1.82, 2.24) is 4.98 Å². The lowest BCUT2D eigenvalue weighted by molar-refractivity contribution is 0.0994. The van der Waals surface area contributed by atoms with Gasteiger partial charge in [0.15, 0.2) is 0 Å². The smallest absolute Gasteiger partial charge is 0.260 e. The first-order chi connectivity index (χ1) is 9.52. The average Bonchev–Trinajstić information content (AvgIpc) is 2.48. The van der Waals surface area contributed by atoms with Gasteiger partial charge in [0, 0.05) is 12.7 Å². The molecule has 1 amide bonds. The predicted molar refractivity (Wildman–Crippen MR) is 77.5 cm³/mol. The first-order valence-electron chi connectivity index (χ1n) is 5.72. The van der Waals surface area contributed by atoms with Gasteiger partial charge in [0.05, 0.1) is 29.1 Å². The Morgan fingerprint density at radius 3 is 2.90 bits per heavy atom. The van der Waals surface area contributed by atoms with Gasteiger partial charge in [-0.05, 0) is 24.3 Å². The molecule has 0 aliphatic rings. The molecule has 5 nitrogen and oxygen atoms in total. The SMILES string of the molecule is CN(C(=O)c1cc(Cl)ncc1N)c1cccc(C#N)c1. The second kappa shape index (κ2) is 5.59. The number of benzene rings is 1. The number of anilines is 2. The zero-order chi connectivity index (χ0) is 14.7. The van der Waals surface area contributed by atoms with E-state index < -0.39 is 0 Å². The Morgan fingerprint density at radius 2 is 2.20 bits per heavy atom. The molecule has 0 aliphatic carbocycles. The van der Waals surface area contributed by atoms with Gasteiger partial charge in [0.25, 0.3) is 5.91 Å². The van der Waals surface area contributed by atoms with Gasteiger partial charge in [-0.25, -0.2) is 4.98 Å². The summed E-state index contributed by atoms with van der Waals surface area (Å²) in [7, 11) is 1.60. The first-order valence-corrected chi connectivity index (χ1v) is 6.10. The Morgan fingerprint density at radius 1 is 1.45 bits per heavy atom. The van der Waals surface area contributed by atoms with E-state index >= 15 is 0 Å². The highest BCUT2D eigenvalue weighted by Gasteiger charge is 2.17. The van der Waals surface area contributed by atoms with Crippen LogP contribution in [0.3, 0.4) is 0 Å². The highest BCUT2D eigenvalue weighted by Crippen LogP contribution is 2.21. The summed E-state index contributed by atoms with van der Waals surface area (Å²) < 4.78 is 0. The molecule has 1 aromatic heterocycles. The summed E-state index contributed by atoms with van der Waals surface area (Å²) in [6.07, 6.45) is 1.34. The standard InChI is InChI=1S/C14H11ClN4O/c1-19(10-4-2-3-9(5-10)7-16)14(20)11-6-13(15)18-8-12(11)17/h2-6,8H,17H2,1H3. The van der Waals surface area contributed by atoms with E-state index in [2.05, 4.69) is 4.98 Å². The van der Waals surface area contributed by atoms with Crippen molar-refractivity contribution in [2.24, 2.45) is 0 Å². The van der Waals surface area contributed by atoms with Crippen LogP contribution in [-0.4, -0.2) is 17.9 Å². The number of nitriles is 1. The van der Waals surface area contributed by atoms with Gasteiger partial charge in [-0.2, -0.15) is 5.26 Å². The van der Waals surface area contributed by atoms with Crippen LogP contribution in [-0.2, 0) is 0 Å². The number of pyridine rings is 1. The zero-order valence-electron chi connectivity index (χ0n) is 10.7. The maximum absolute atomic E-state index is 12.4. The molecule has 100 valence electrons. The number of hydrogen-bond acceptors (Lipinski definition) is 4. The molecular weight excluding hydrogens is 276 g/mol. The van der Waals surface area contributed by atoms with Gasteiger partial charge in [-0.15, -0.1) is 0 Å². The van der Waals surface area contributed by atoms with Crippen molar-refractivity contribution >= 4 is 28.9 Å². The second-order valence-corrected chi connectivity index (χ2v) is 4.51. The zero-order valence-corrected chi connectivity index (χ0v) is 11.4. The van der Waals surface area contributed by atoms with Gasteiger partial charge in [-0.3, -0.25) is 4.79 Å². The number of nitrogens with two attached hydrogens (primary N) is 1. The van der Waals surface area contributed by atoms with Crippen molar-refractivity contribution in [1.29, 1.82) is 5.26 Å². The molecule has 2 aromatic rings. The van der Waals surface area contributed by atoms with Crippen LogP contribution in [0.1, 0.15) is 15.9 Å². The maximum Gasteiger partial charge on any atom is 0.260 e. The molecule has 2 N–H and O–H groups in total. The number of hydrogen-bond donors (Lipinski definition) is 1. The molecule has 0 bridgehead atoms. The van der Waals surface area contributed by atoms with E-state index in [9.17, 15) is 4.79 Å². The lowest BCUT2D eigenvalue weighted by atomic mass is 10.1. The highest BCUT2D eigenvalue weighted by atomic mass is 35.5. The quantitative estimate of drug-likeness (QED) is 0.860. The number of nitrogen functional groups attached to an aromatic ring is 1. The number of amides is 1. The highest BCUT2D eigenvalue weighted by molar-refractivity contribution is 6.30. The number of aromatic nitrogens is 1. The molecule has 0 aliphatic heterocycles. The third-order valence-electron chi connectivity index (χ3n) is 2.80. The number of carbonyl (C=O) groups excluding carboxylic acids is 1. The largest absolute Gasteiger partial charge is 0.397 e. The number of halogens is 1. The molecule has 0 unspecified atom stereocenters. The van der Waals surface area contributed by atoms with E-state index in [-0.39, 0.29) is 22.3 Å². The van der Waals surface area contributed by atoms with Crippen molar-refractivity contribution in [2.75, 3.05) is 17.7 Å². The van der Waals surface area contributed by atoms with E-state index in [1.807, 2.05) is 6.07 Å². The third-order valence-corrected chi connectivity index (χ3v) is 3.01. The van der Waals surface area contributed by atoms with Crippen LogP contribution in [0.4, 0.5) is 11.4 Å². The summed E-state index contributed by atoms with van der Waals surface area (Å²) in [6.45, 7) is 0. The molecule has 0 radical (unpaired) electrons. The molecule has 0 saturated carbocycles. The molecule has 2 rings (SSSR count). The number of rotatable bonds is 2. The van der Waals surface area contributed by atoms with Crippen LogP contribution in [0.2, 0.25) is 5.15 Å². The maximum atomic E-state index is 12.4. The normalized spacial score (nSPS) is 9.85. The minimum Gasteiger partial charge on any atom is -0.397 e. The third kappa shape index (κ3) is 2.71. The molecule has 0 fully saturated rings. The summed E-state index contributed by atoms with van der Waals surface area (Å²) in [6, 6.07) is 10.2. The summed E-state index contributed by atoms with van der Waals surface area (Å²) in [5.74, 6) is -0.318. The van der Waals surface area contributed by atoms with Crippen LogP contribution < -0.4 is 10.6 Å². The topological polar surface area (TPSA) is 83.0 Å². The van der Waals surface area contributed by atoms with Crippen molar-refractivity contribution < 1.29 is 4.79 Å². The number of carbonyl (C=O) groups is 1. The van der Waals surface area contributed by atoms with Crippen LogP contribution in [0.25, 0.3) is 0 Å². The van der Waals surface area contributed by atoms with Crippen LogP contribution >= 0.6 is 11.6 Å². The van der Waals surface area contributed by atoms with Gasteiger partial charge < -0.3 is 10.6 Å². The Labute approximate surface area is 121 Å². The van der Waals surface area contributed by atoms with Crippen LogP contribution in [0.5, 0.6) is 0 Å². The molecule has 6 heteroatoms. The molecule has 0 saturated heterocycles. The van der Waals surface area contributed by atoms with Crippen molar-refractivity contribution in [3.8, 4) is 6.07 Å². The van der Waals surface area contributed by atoms with Crippen LogP contribution in [0, 0.1) is 11.3 Å². The van der Waals surface area contributed by atoms with Gasteiger partial charge in [-0.1, -0.05) is 17.7 Å². The molecule has 0 spiro atoms. The monoisotopic (exact) mass is 286 g/mol. The molecular formula is C14H11ClN4O. The van der Waals surface area contributed by atoms with E-state index in [1.54, 1.807) is 31.3 Å². The lowest BCUT2D eigenvalue weighted by Crippen LogP contribution is -2.27. The van der Waals surface area contributed by atoms with Crippen LogP contribution in [0.15, 0.2) is 36.5 Å². The van der Waals surface area contributed by atoms with Crippen molar-refractivity contribution in [3.05, 3.63) is 52.8 Å². The minimum atomic E-state index is -0.318. The fraction of sp³-hybridized carbons (Fsp3) is 0.0714. The summed E-state index contributed by atoms with van der Waals surface area (Å²) in [4.78, 5) is 17.6. The van der Waals surface area contributed by atoms with E-state index in [0.29, 0.717) is 11.3 Å². The number of nitrogens with zero attached hydrogens (tertiary/aromatic N) is 3. The van der Waals surface area contributed by atoms with E-state index in [1.165, 1.54) is 17.2 Å². The summed E-state index contributed by atoms with van der Waals surface area (Å²) in [5, 5.41) is 9.08. The summed E-state index contributed by atoms with van der Waals surface area (Å²) >= 11 is 5.78. The molecule has 0 atom stereocenters. The Kier molecular flexibility index (Phi) is 3.87. The van der Waals surface area contributed by atoms with Gasteiger partial charge >= 0.3 is 0 Å². The summed E-state index contributed by atoms with van der Waals surface area (Å²) in [5.41, 5.74) is 7.34. The Balaban J connectivity index is 2.37. The van der Waals surface area contributed by atoms with Crippen molar-refractivity contribution in [2.45, 2.75) is 0 Å². The minimum absolute atomic E-state index is 0.196.